The zero-order chi connectivity index (χ0) is 28.4. The first-order chi connectivity index (χ1) is 18.3. The highest BCUT2D eigenvalue weighted by atomic mass is 35.5. The molecule has 0 atom stereocenters. The van der Waals surface area contributed by atoms with E-state index in [-0.39, 0.29) is 24.5 Å². The fourth-order valence-electron chi connectivity index (χ4n) is 3.79. The number of rotatable bonds is 8. The van der Waals surface area contributed by atoms with Crippen LogP contribution >= 0.6 is 11.6 Å². The average molecular weight is 545 g/mol. The lowest BCUT2D eigenvalue weighted by molar-refractivity contribution is 0.101. The lowest BCUT2D eigenvalue weighted by Crippen LogP contribution is -2.34. The second-order valence-corrected chi connectivity index (χ2v) is 8.17. The van der Waals surface area contributed by atoms with Crippen molar-refractivity contribution in [1.82, 2.24) is 14.5 Å². The fourth-order valence-corrected chi connectivity index (χ4v) is 3.96. The minimum absolute atomic E-state index is 0.00320. The monoisotopic (exact) mass is 544 g/mol. The smallest absolute Gasteiger partial charge is 0.414 e. The molecule has 1 aromatic carbocycles. The number of hydrogen-bond donors (Lipinski definition) is 0. The van der Waals surface area contributed by atoms with Gasteiger partial charge in [0.1, 0.15) is 22.6 Å². The van der Waals surface area contributed by atoms with Gasteiger partial charge in [-0.1, -0.05) is 39.3 Å². The van der Waals surface area contributed by atoms with Gasteiger partial charge in [-0.15, -0.1) is 0 Å². The van der Waals surface area contributed by atoms with E-state index < -0.39 is 11.9 Å². The van der Waals surface area contributed by atoms with Crippen molar-refractivity contribution in [3.8, 4) is 0 Å². The summed E-state index contributed by atoms with van der Waals surface area (Å²) in [5.74, 6) is 0.343. The van der Waals surface area contributed by atoms with Gasteiger partial charge in [0.15, 0.2) is 11.4 Å². The van der Waals surface area contributed by atoms with Crippen molar-refractivity contribution in [2.24, 2.45) is 7.05 Å². The van der Waals surface area contributed by atoms with Crippen LogP contribution in [0, 0.1) is 6.92 Å². The lowest BCUT2D eigenvalue weighted by Gasteiger charge is -2.22. The van der Waals surface area contributed by atoms with Crippen molar-refractivity contribution in [3.05, 3.63) is 52.6 Å². The number of furan rings is 1. The number of halogens is 1. The molecule has 0 radical (unpaired) electrons. The van der Waals surface area contributed by atoms with Crippen LogP contribution in [0.4, 0.5) is 10.5 Å². The molecule has 0 spiro atoms. The second-order valence-electron chi connectivity index (χ2n) is 7.73. The average Bonchev–Trinajstić information content (AvgIpc) is 3.44. The molecule has 4 aromatic rings. The normalized spacial score (nSPS) is 10.4. The fraction of sp³-hybridized carbons (Fsp3) is 0.429. The Morgan fingerprint density at radius 1 is 1.16 bits per heavy atom. The number of aromatic nitrogens is 3. The molecule has 0 fully saturated rings. The van der Waals surface area contributed by atoms with Gasteiger partial charge >= 0.3 is 6.09 Å². The SMILES string of the molecule is CC.CC.CCOC(=O)N(CCCOC)c1c(C(=O)c2cnc3c(c2)nc(C)n3C)oc2ccc(Cl)cc12. The number of ether oxygens (including phenoxy) is 2. The van der Waals surface area contributed by atoms with Crippen LogP contribution in [0.25, 0.3) is 22.1 Å². The Balaban J connectivity index is 0.00000121. The summed E-state index contributed by atoms with van der Waals surface area (Å²) in [5, 5.41) is 0.977. The largest absolute Gasteiger partial charge is 0.450 e. The molecule has 0 saturated carbocycles. The molecule has 1 amide bonds. The number of nitrogens with zero attached hydrogens (tertiary/aromatic N) is 4. The Morgan fingerprint density at radius 2 is 1.87 bits per heavy atom. The third-order valence-corrected chi connectivity index (χ3v) is 5.75. The summed E-state index contributed by atoms with van der Waals surface area (Å²) in [6.07, 6.45) is 1.41. The number of carbonyl (C=O) groups excluding carboxylic acids is 2. The number of hydrogen-bond acceptors (Lipinski definition) is 7. The van der Waals surface area contributed by atoms with E-state index in [4.69, 9.17) is 25.5 Å². The van der Waals surface area contributed by atoms with Gasteiger partial charge in [-0.2, -0.15) is 0 Å². The van der Waals surface area contributed by atoms with Crippen LogP contribution in [0.2, 0.25) is 5.02 Å². The van der Waals surface area contributed by atoms with Crippen LogP contribution < -0.4 is 4.90 Å². The number of methoxy groups -OCH3 is 1. The minimum atomic E-state index is -0.593. The van der Waals surface area contributed by atoms with Crippen LogP contribution in [0.5, 0.6) is 0 Å². The summed E-state index contributed by atoms with van der Waals surface area (Å²) >= 11 is 6.25. The summed E-state index contributed by atoms with van der Waals surface area (Å²) in [7, 11) is 3.44. The van der Waals surface area contributed by atoms with E-state index in [1.165, 1.54) is 11.1 Å². The van der Waals surface area contributed by atoms with E-state index in [0.29, 0.717) is 45.9 Å². The van der Waals surface area contributed by atoms with Gasteiger partial charge in [-0.05, 0) is 44.5 Å². The summed E-state index contributed by atoms with van der Waals surface area (Å²) in [5.41, 5.74) is 2.27. The molecule has 0 saturated heterocycles. The Morgan fingerprint density at radius 3 is 2.53 bits per heavy atom. The standard InChI is InChI=1S/C24H25ClN4O5.2C2H6/c1-5-33-24(31)29(9-6-10-32-4)20-17-12-16(25)7-8-19(17)34-22(20)21(30)15-11-18-23(26-13-15)28(3)14(2)27-18;2*1-2/h7-8,11-13H,5-6,9-10H2,1-4H3;2*1-2H3. The molecule has 0 bridgehead atoms. The summed E-state index contributed by atoms with van der Waals surface area (Å²) in [6.45, 7) is 12.4. The van der Waals surface area contributed by atoms with Gasteiger partial charge in [0.05, 0.1) is 6.61 Å². The first-order valence-corrected chi connectivity index (χ1v) is 13.2. The first-order valence-electron chi connectivity index (χ1n) is 12.8. The molecule has 206 valence electrons. The van der Waals surface area contributed by atoms with Crippen molar-refractivity contribution in [1.29, 1.82) is 0 Å². The highest BCUT2D eigenvalue weighted by molar-refractivity contribution is 6.31. The number of aryl methyl sites for hydroxylation is 2. The van der Waals surface area contributed by atoms with Gasteiger partial charge in [0.2, 0.25) is 5.78 Å². The molecule has 4 rings (SSSR count). The van der Waals surface area contributed by atoms with Gasteiger partial charge in [0.25, 0.3) is 0 Å². The highest BCUT2D eigenvalue weighted by Crippen LogP contribution is 2.37. The number of benzene rings is 1. The van der Waals surface area contributed by atoms with Crippen LogP contribution in [0.3, 0.4) is 0 Å². The Kier molecular flexibility index (Phi) is 11.7. The first kappa shape index (κ1) is 30.8. The molecule has 0 aliphatic carbocycles. The number of imidazole rings is 1. The third kappa shape index (κ3) is 6.52. The van der Waals surface area contributed by atoms with Crippen molar-refractivity contribution < 1.29 is 23.5 Å². The van der Waals surface area contributed by atoms with Crippen LogP contribution in [0.1, 0.15) is 63.0 Å². The molecule has 0 N–H and O–H groups in total. The van der Waals surface area contributed by atoms with Gasteiger partial charge in [-0.25, -0.2) is 14.8 Å². The third-order valence-electron chi connectivity index (χ3n) is 5.51. The molecule has 0 aliphatic heterocycles. The Labute approximate surface area is 228 Å². The van der Waals surface area contributed by atoms with E-state index in [0.717, 1.165) is 5.82 Å². The summed E-state index contributed by atoms with van der Waals surface area (Å²) in [6, 6.07) is 6.66. The number of carbonyl (C=O) groups is 2. The van der Waals surface area contributed by atoms with E-state index in [1.807, 2.05) is 46.2 Å². The van der Waals surface area contributed by atoms with Crippen molar-refractivity contribution >= 4 is 51.3 Å². The molecular weight excluding hydrogens is 508 g/mol. The topological polar surface area (TPSA) is 99.7 Å². The Hall–Kier alpha value is -3.43. The maximum atomic E-state index is 13.7. The summed E-state index contributed by atoms with van der Waals surface area (Å²) in [4.78, 5) is 36.9. The summed E-state index contributed by atoms with van der Waals surface area (Å²) < 4.78 is 18.3. The van der Waals surface area contributed by atoms with Crippen molar-refractivity contribution in [3.63, 3.8) is 0 Å². The molecule has 9 nitrogen and oxygen atoms in total. The van der Waals surface area contributed by atoms with E-state index in [1.54, 1.807) is 38.3 Å². The van der Waals surface area contributed by atoms with Gasteiger partial charge < -0.3 is 18.5 Å². The molecule has 0 aliphatic rings. The second kappa shape index (κ2) is 14.5. The quantitative estimate of drug-likeness (QED) is 0.174. The molecule has 0 unspecified atom stereocenters. The zero-order valence-corrected chi connectivity index (χ0v) is 24.2. The molecule has 3 aromatic heterocycles. The number of amides is 1. The Bertz CT molecular complexity index is 1380. The van der Waals surface area contributed by atoms with E-state index in [9.17, 15) is 9.59 Å². The predicted octanol–water partition coefficient (Wildman–Crippen LogP) is 6.96. The van der Waals surface area contributed by atoms with Gasteiger partial charge in [0, 0.05) is 49.5 Å². The zero-order valence-electron chi connectivity index (χ0n) is 23.4. The van der Waals surface area contributed by atoms with E-state index in [2.05, 4.69) is 9.97 Å². The number of anilines is 1. The molecular formula is C28H37ClN4O5. The maximum Gasteiger partial charge on any atom is 0.414 e. The number of pyridine rings is 1. The maximum absolute atomic E-state index is 13.7. The lowest BCUT2D eigenvalue weighted by atomic mass is 10.1. The minimum Gasteiger partial charge on any atom is -0.450 e. The van der Waals surface area contributed by atoms with E-state index >= 15 is 0 Å². The van der Waals surface area contributed by atoms with Crippen LogP contribution in [0.15, 0.2) is 34.9 Å². The number of fused-ring (bicyclic) bond motifs is 2. The number of ketones is 1. The van der Waals surface area contributed by atoms with Gasteiger partial charge in [-0.3, -0.25) is 9.69 Å². The molecule has 10 heteroatoms. The molecule has 3 heterocycles. The van der Waals surface area contributed by atoms with Crippen LogP contribution in [-0.4, -0.2) is 53.3 Å². The van der Waals surface area contributed by atoms with Crippen molar-refractivity contribution in [2.75, 3.05) is 31.8 Å². The molecule has 38 heavy (non-hydrogen) atoms. The van der Waals surface area contributed by atoms with Crippen molar-refractivity contribution in [2.45, 2.75) is 48.0 Å². The predicted molar refractivity (Wildman–Crippen MR) is 151 cm³/mol. The highest BCUT2D eigenvalue weighted by Gasteiger charge is 2.30. The van der Waals surface area contributed by atoms with Crippen LogP contribution in [-0.2, 0) is 16.5 Å².